The summed E-state index contributed by atoms with van der Waals surface area (Å²) >= 11 is 0. The molecular formula is C24H27N3O5. The molecule has 2 aliphatic heterocycles. The monoisotopic (exact) mass is 437 g/mol. The van der Waals surface area contributed by atoms with Crippen molar-refractivity contribution in [2.75, 3.05) is 29.9 Å². The number of phenols is 1. The summed E-state index contributed by atoms with van der Waals surface area (Å²) in [6, 6.07) is 13.1. The van der Waals surface area contributed by atoms with Crippen molar-refractivity contribution in [1.29, 1.82) is 0 Å². The van der Waals surface area contributed by atoms with Gasteiger partial charge in [-0.25, -0.2) is 4.90 Å². The minimum Gasteiger partial charge on any atom is -0.506 e. The van der Waals surface area contributed by atoms with Crippen LogP contribution in [0.1, 0.15) is 26.2 Å². The molecule has 2 aromatic rings. The van der Waals surface area contributed by atoms with Gasteiger partial charge in [-0.2, -0.15) is 0 Å². The van der Waals surface area contributed by atoms with Crippen LogP contribution in [0.3, 0.4) is 0 Å². The SMILES string of the molecule is CCOc1ccc(N2C(=O)CC(N3CCC(C(=O)Nc4ccccc4O)CC3)C2=O)cc1. The minimum absolute atomic E-state index is 0.0303. The van der Waals surface area contributed by atoms with E-state index < -0.39 is 6.04 Å². The van der Waals surface area contributed by atoms with Gasteiger partial charge in [0.05, 0.1) is 30.4 Å². The third-order valence-corrected chi connectivity index (χ3v) is 6.03. The van der Waals surface area contributed by atoms with E-state index in [-0.39, 0.29) is 35.8 Å². The molecule has 0 aliphatic carbocycles. The van der Waals surface area contributed by atoms with E-state index in [0.29, 0.717) is 49.7 Å². The first-order valence-electron chi connectivity index (χ1n) is 10.9. The largest absolute Gasteiger partial charge is 0.506 e. The van der Waals surface area contributed by atoms with E-state index in [4.69, 9.17) is 4.74 Å². The molecule has 0 bridgehead atoms. The van der Waals surface area contributed by atoms with Crippen molar-refractivity contribution in [2.24, 2.45) is 5.92 Å². The van der Waals surface area contributed by atoms with Gasteiger partial charge in [-0.05, 0) is 69.3 Å². The highest BCUT2D eigenvalue weighted by Crippen LogP contribution is 2.30. The number of rotatable bonds is 6. The molecule has 2 saturated heterocycles. The smallest absolute Gasteiger partial charge is 0.251 e. The molecular weight excluding hydrogens is 410 g/mol. The van der Waals surface area contributed by atoms with E-state index in [1.807, 2.05) is 11.8 Å². The number of likely N-dealkylation sites (tertiary alicyclic amines) is 1. The average Bonchev–Trinajstić information content (AvgIpc) is 3.10. The van der Waals surface area contributed by atoms with Crippen LogP contribution < -0.4 is 15.0 Å². The molecule has 8 heteroatoms. The number of carbonyl (C=O) groups is 3. The molecule has 3 amide bonds. The van der Waals surface area contributed by atoms with E-state index in [1.165, 1.54) is 11.0 Å². The fourth-order valence-electron chi connectivity index (χ4n) is 4.32. The van der Waals surface area contributed by atoms with Crippen LogP contribution in [-0.2, 0) is 14.4 Å². The highest BCUT2D eigenvalue weighted by Gasteiger charge is 2.43. The third kappa shape index (κ3) is 4.45. The summed E-state index contributed by atoms with van der Waals surface area (Å²) in [5.74, 6) is -0.0742. The molecule has 2 aromatic carbocycles. The Balaban J connectivity index is 1.35. The molecule has 0 spiro atoms. The van der Waals surface area contributed by atoms with Crippen molar-refractivity contribution in [3.05, 3.63) is 48.5 Å². The van der Waals surface area contributed by atoms with Crippen LogP contribution in [0.4, 0.5) is 11.4 Å². The van der Waals surface area contributed by atoms with Gasteiger partial charge in [0.25, 0.3) is 5.91 Å². The van der Waals surface area contributed by atoms with Crippen LogP contribution in [0.15, 0.2) is 48.5 Å². The lowest BCUT2D eigenvalue weighted by molar-refractivity contribution is -0.123. The first-order valence-corrected chi connectivity index (χ1v) is 10.9. The second-order valence-corrected chi connectivity index (χ2v) is 8.03. The Hall–Kier alpha value is -3.39. The zero-order valence-corrected chi connectivity index (χ0v) is 18.0. The highest BCUT2D eigenvalue weighted by molar-refractivity contribution is 6.22. The summed E-state index contributed by atoms with van der Waals surface area (Å²) in [4.78, 5) is 41.5. The summed E-state index contributed by atoms with van der Waals surface area (Å²) in [5, 5.41) is 12.6. The lowest BCUT2D eigenvalue weighted by Crippen LogP contribution is -2.47. The van der Waals surface area contributed by atoms with E-state index in [0.717, 1.165) is 0 Å². The molecule has 0 saturated carbocycles. The van der Waals surface area contributed by atoms with Crippen molar-refractivity contribution in [2.45, 2.75) is 32.2 Å². The molecule has 168 valence electrons. The number of amides is 3. The number of ether oxygens (including phenoxy) is 1. The van der Waals surface area contributed by atoms with E-state index in [2.05, 4.69) is 5.32 Å². The number of para-hydroxylation sites is 2. The molecule has 2 N–H and O–H groups in total. The number of hydrogen-bond acceptors (Lipinski definition) is 6. The standard InChI is InChI=1S/C24H27N3O5/c1-2-32-18-9-7-17(8-10-18)27-22(29)15-20(24(27)31)26-13-11-16(12-14-26)23(30)25-19-5-3-4-6-21(19)28/h3-10,16,20,28H,2,11-15H2,1H3,(H,25,30). The Morgan fingerprint density at radius 1 is 1.09 bits per heavy atom. The molecule has 2 aliphatic rings. The maximum atomic E-state index is 13.0. The molecule has 8 nitrogen and oxygen atoms in total. The van der Waals surface area contributed by atoms with Gasteiger partial charge in [0, 0.05) is 5.92 Å². The first-order chi connectivity index (χ1) is 15.5. The van der Waals surface area contributed by atoms with E-state index in [9.17, 15) is 19.5 Å². The molecule has 1 atom stereocenters. The van der Waals surface area contributed by atoms with Crippen molar-refractivity contribution < 1.29 is 24.2 Å². The number of aromatic hydroxyl groups is 1. The number of hydrogen-bond donors (Lipinski definition) is 2. The zero-order valence-electron chi connectivity index (χ0n) is 18.0. The predicted octanol–water partition coefficient (Wildman–Crippen LogP) is 2.77. The number of nitrogens with one attached hydrogen (secondary N) is 1. The molecule has 0 radical (unpaired) electrons. The highest BCUT2D eigenvalue weighted by atomic mass is 16.5. The Morgan fingerprint density at radius 3 is 2.44 bits per heavy atom. The maximum Gasteiger partial charge on any atom is 0.251 e. The van der Waals surface area contributed by atoms with Crippen LogP contribution in [0, 0.1) is 5.92 Å². The fourth-order valence-corrected chi connectivity index (χ4v) is 4.32. The van der Waals surface area contributed by atoms with Gasteiger partial charge in [-0.1, -0.05) is 12.1 Å². The third-order valence-electron chi connectivity index (χ3n) is 6.03. The Bertz CT molecular complexity index is 999. The average molecular weight is 437 g/mol. The Kier molecular flexibility index (Phi) is 6.41. The van der Waals surface area contributed by atoms with Crippen molar-refractivity contribution in [1.82, 2.24) is 4.90 Å². The van der Waals surface area contributed by atoms with E-state index >= 15 is 0 Å². The second kappa shape index (κ2) is 9.40. The summed E-state index contributed by atoms with van der Waals surface area (Å²) in [5.41, 5.74) is 0.936. The number of piperidine rings is 1. The van der Waals surface area contributed by atoms with Crippen LogP contribution in [0.25, 0.3) is 0 Å². The van der Waals surface area contributed by atoms with Gasteiger partial charge in [0.1, 0.15) is 11.5 Å². The van der Waals surface area contributed by atoms with Gasteiger partial charge in [-0.15, -0.1) is 0 Å². The first kappa shape index (κ1) is 21.8. The number of phenolic OH excluding ortho intramolecular Hbond substituents is 1. The fraction of sp³-hybridized carbons (Fsp3) is 0.375. The lowest BCUT2D eigenvalue weighted by atomic mass is 9.94. The number of nitrogens with zero attached hydrogens (tertiary/aromatic N) is 2. The predicted molar refractivity (Wildman–Crippen MR) is 120 cm³/mol. The maximum absolute atomic E-state index is 13.0. The molecule has 4 rings (SSSR count). The van der Waals surface area contributed by atoms with Crippen LogP contribution in [0.5, 0.6) is 11.5 Å². The van der Waals surface area contributed by atoms with Crippen LogP contribution in [0.2, 0.25) is 0 Å². The van der Waals surface area contributed by atoms with Crippen LogP contribution in [-0.4, -0.2) is 53.5 Å². The zero-order chi connectivity index (χ0) is 22.7. The summed E-state index contributed by atoms with van der Waals surface area (Å²) in [7, 11) is 0. The number of anilines is 2. The summed E-state index contributed by atoms with van der Waals surface area (Å²) < 4.78 is 5.42. The topological polar surface area (TPSA) is 99.2 Å². The van der Waals surface area contributed by atoms with E-state index in [1.54, 1.807) is 42.5 Å². The Morgan fingerprint density at radius 2 is 1.78 bits per heavy atom. The number of carbonyl (C=O) groups excluding carboxylic acids is 3. The molecule has 32 heavy (non-hydrogen) atoms. The van der Waals surface area contributed by atoms with Crippen molar-refractivity contribution in [3.63, 3.8) is 0 Å². The molecule has 0 aromatic heterocycles. The quantitative estimate of drug-likeness (QED) is 0.533. The summed E-state index contributed by atoms with van der Waals surface area (Å²) in [6.45, 7) is 3.55. The second-order valence-electron chi connectivity index (χ2n) is 8.03. The van der Waals surface area contributed by atoms with Crippen molar-refractivity contribution in [3.8, 4) is 11.5 Å². The minimum atomic E-state index is -0.503. The van der Waals surface area contributed by atoms with Gasteiger partial charge < -0.3 is 15.2 Å². The van der Waals surface area contributed by atoms with Gasteiger partial charge in [0.15, 0.2) is 0 Å². The van der Waals surface area contributed by atoms with Crippen molar-refractivity contribution >= 4 is 29.1 Å². The number of benzene rings is 2. The van der Waals surface area contributed by atoms with Crippen LogP contribution >= 0.6 is 0 Å². The number of imide groups is 1. The lowest BCUT2D eigenvalue weighted by Gasteiger charge is -2.34. The van der Waals surface area contributed by atoms with Gasteiger partial charge in [0.2, 0.25) is 11.8 Å². The Labute approximate surface area is 186 Å². The molecule has 2 fully saturated rings. The summed E-state index contributed by atoms with van der Waals surface area (Å²) in [6.07, 6.45) is 1.31. The van der Waals surface area contributed by atoms with Gasteiger partial charge >= 0.3 is 0 Å². The molecule has 1 unspecified atom stereocenters. The normalized spacial score (nSPS) is 19.9. The molecule has 2 heterocycles. The van der Waals surface area contributed by atoms with Gasteiger partial charge in [-0.3, -0.25) is 19.3 Å².